The molecule has 2 aromatic carbocycles. The summed E-state index contributed by atoms with van der Waals surface area (Å²) in [5.74, 6) is -1.72. The Morgan fingerprint density at radius 3 is 2.66 bits per heavy atom. The van der Waals surface area contributed by atoms with Gasteiger partial charge < -0.3 is 24.5 Å². The second-order valence-corrected chi connectivity index (χ2v) is 8.79. The number of halogens is 2. The van der Waals surface area contributed by atoms with Crippen LogP contribution in [0, 0.1) is 11.7 Å². The van der Waals surface area contributed by atoms with Crippen LogP contribution in [-0.2, 0) is 21.0 Å². The molecule has 0 heterocycles. The summed E-state index contributed by atoms with van der Waals surface area (Å²) in [6.45, 7) is 5.43. The number of ether oxygens (including phenoxy) is 2. The van der Waals surface area contributed by atoms with Crippen LogP contribution in [0.3, 0.4) is 0 Å². The number of nitrogens with zero attached hydrogens (tertiary/aromatic N) is 1. The predicted molar refractivity (Wildman–Crippen MR) is 131 cm³/mol. The number of hydrogen-bond acceptors (Lipinski definition) is 7. The van der Waals surface area contributed by atoms with Crippen LogP contribution in [0.2, 0.25) is 5.02 Å². The fraction of sp³-hybridized carbons (Fsp3) is 0.385. The third-order valence-electron chi connectivity index (χ3n) is 5.71. The van der Waals surface area contributed by atoms with E-state index in [0.717, 1.165) is 5.56 Å². The molecule has 2 N–H and O–H groups in total. The van der Waals surface area contributed by atoms with E-state index in [1.54, 1.807) is 45.0 Å². The van der Waals surface area contributed by atoms with Crippen molar-refractivity contribution in [2.24, 2.45) is 11.1 Å². The van der Waals surface area contributed by atoms with E-state index in [1.807, 2.05) is 6.07 Å². The topological polar surface area (TPSA) is 97.6 Å². The minimum absolute atomic E-state index is 0.0698. The Balaban J connectivity index is 1.63. The van der Waals surface area contributed by atoms with Gasteiger partial charge in [-0.2, -0.15) is 0 Å². The van der Waals surface area contributed by atoms with Crippen molar-refractivity contribution < 1.29 is 33.7 Å². The van der Waals surface area contributed by atoms with E-state index in [-0.39, 0.29) is 25.4 Å². The molecule has 0 bridgehead atoms. The number of hydrogen-bond donors (Lipinski definition) is 2. The fourth-order valence-electron chi connectivity index (χ4n) is 3.85. The van der Waals surface area contributed by atoms with Crippen LogP contribution in [-0.4, -0.2) is 46.8 Å². The Morgan fingerprint density at radius 1 is 1.20 bits per heavy atom. The minimum Gasteiger partial charge on any atom is -0.485 e. The molecule has 1 saturated carbocycles. The Kier molecular flexibility index (Phi) is 9.26. The first-order chi connectivity index (χ1) is 16.7. The van der Waals surface area contributed by atoms with Crippen molar-refractivity contribution in [1.29, 1.82) is 0 Å². The second-order valence-electron chi connectivity index (χ2n) is 8.35. The van der Waals surface area contributed by atoms with E-state index in [1.165, 1.54) is 18.2 Å². The summed E-state index contributed by atoms with van der Waals surface area (Å²) < 4.78 is 25.3. The van der Waals surface area contributed by atoms with Crippen molar-refractivity contribution in [3.05, 3.63) is 70.0 Å². The molecule has 1 fully saturated rings. The molecule has 7 nitrogen and oxygen atoms in total. The first kappa shape index (κ1) is 26.7. The molecule has 0 aromatic heterocycles. The predicted octanol–water partition coefficient (Wildman–Crippen LogP) is 4.53. The van der Waals surface area contributed by atoms with E-state index in [2.05, 4.69) is 5.16 Å². The van der Waals surface area contributed by atoms with Gasteiger partial charge in [0.25, 0.3) is 0 Å². The number of carbonyl (C=O) groups is 1. The van der Waals surface area contributed by atoms with E-state index in [4.69, 9.17) is 25.9 Å². The van der Waals surface area contributed by atoms with Gasteiger partial charge in [0, 0.05) is 16.5 Å². The van der Waals surface area contributed by atoms with Crippen LogP contribution in [0.25, 0.3) is 6.08 Å². The van der Waals surface area contributed by atoms with Crippen LogP contribution in [0.4, 0.5) is 4.39 Å². The first-order valence-electron chi connectivity index (χ1n) is 11.3. The van der Waals surface area contributed by atoms with Crippen LogP contribution in [0.5, 0.6) is 5.75 Å². The number of aliphatic hydroxyl groups excluding tert-OH is 2. The van der Waals surface area contributed by atoms with Gasteiger partial charge in [-0.3, -0.25) is 0 Å². The Hall–Kier alpha value is -2.94. The number of benzene rings is 2. The van der Waals surface area contributed by atoms with Gasteiger partial charge in [-0.25, -0.2) is 9.18 Å². The van der Waals surface area contributed by atoms with Gasteiger partial charge in [0.1, 0.15) is 18.8 Å². The van der Waals surface area contributed by atoms with Crippen LogP contribution >= 0.6 is 11.6 Å². The Morgan fingerprint density at radius 2 is 1.97 bits per heavy atom. The van der Waals surface area contributed by atoms with E-state index < -0.39 is 36.0 Å². The monoisotopic (exact) mass is 505 g/mol. The summed E-state index contributed by atoms with van der Waals surface area (Å²) in [5.41, 5.74) is 2.13. The van der Waals surface area contributed by atoms with Crippen molar-refractivity contribution in [2.75, 3.05) is 6.61 Å². The van der Waals surface area contributed by atoms with Crippen LogP contribution in [0.15, 0.2) is 53.2 Å². The number of esters is 1. The van der Waals surface area contributed by atoms with Crippen molar-refractivity contribution in [1.82, 2.24) is 0 Å². The molecule has 1 aliphatic rings. The lowest BCUT2D eigenvalue weighted by Crippen LogP contribution is -2.35. The molecule has 1 aliphatic carbocycles. The van der Waals surface area contributed by atoms with Gasteiger partial charge in [-0.05, 0) is 68.7 Å². The molecule has 9 heteroatoms. The highest BCUT2D eigenvalue weighted by Gasteiger charge is 2.44. The zero-order valence-electron chi connectivity index (χ0n) is 19.8. The van der Waals surface area contributed by atoms with E-state index in [0.29, 0.717) is 21.9 Å². The van der Waals surface area contributed by atoms with Gasteiger partial charge in [0.2, 0.25) is 0 Å². The quantitative estimate of drug-likeness (QED) is 0.225. The normalized spacial score (nSPS) is 22.7. The molecule has 0 amide bonds. The molecule has 4 atom stereocenters. The summed E-state index contributed by atoms with van der Waals surface area (Å²) in [7, 11) is 0. The van der Waals surface area contributed by atoms with Crippen LogP contribution in [0.1, 0.15) is 38.3 Å². The standard InChI is InChI=1S/C26H29ClFNO6/c1-4-33-26(32)15(2)10-17-8-9-22(21(28)12-17)35-23-13-20(24(30)25(23)31)16(3)29-34-14-18-6-5-7-19(27)11-18/h5-12,20,23-25,30-31H,4,13-14H2,1-3H3/b15-10+,29-16+/t20-,23-,24-,25+/m1/s1. The maximum Gasteiger partial charge on any atom is 0.333 e. The third-order valence-corrected chi connectivity index (χ3v) is 5.94. The summed E-state index contributed by atoms with van der Waals surface area (Å²) >= 11 is 5.96. The SMILES string of the molecule is CCOC(=O)/C(C)=C/c1ccc(O[C@@H]2C[C@H](/C(C)=N/OCc3cccc(Cl)c3)[C@@H](O)[C@H]2O)c(F)c1. The molecular weight excluding hydrogens is 477 g/mol. The molecular formula is C26H29ClFNO6. The average molecular weight is 506 g/mol. The third kappa shape index (κ3) is 7.04. The van der Waals surface area contributed by atoms with E-state index >= 15 is 0 Å². The van der Waals surface area contributed by atoms with Crippen LogP contribution < -0.4 is 4.74 Å². The molecule has 2 aromatic rings. The second kappa shape index (κ2) is 12.2. The molecule has 35 heavy (non-hydrogen) atoms. The first-order valence-corrected chi connectivity index (χ1v) is 11.7. The molecule has 3 rings (SSSR count). The smallest absolute Gasteiger partial charge is 0.333 e. The molecule has 0 radical (unpaired) electrons. The van der Waals surface area contributed by atoms with Crippen molar-refractivity contribution in [3.8, 4) is 5.75 Å². The highest BCUT2D eigenvalue weighted by Crippen LogP contribution is 2.32. The van der Waals surface area contributed by atoms with Crippen molar-refractivity contribution >= 4 is 29.4 Å². The number of rotatable bonds is 9. The van der Waals surface area contributed by atoms with Crippen molar-refractivity contribution in [3.63, 3.8) is 0 Å². The number of aliphatic hydroxyl groups is 2. The summed E-state index contributed by atoms with van der Waals surface area (Å²) in [5, 5.41) is 25.6. The lowest BCUT2D eigenvalue weighted by atomic mass is 10.0. The molecule has 188 valence electrons. The molecule has 0 unspecified atom stereocenters. The Labute approximate surface area is 208 Å². The highest BCUT2D eigenvalue weighted by molar-refractivity contribution is 6.30. The van der Waals surface area contributed by atoms with Gasteiger partial charge >= 0.3 is 5.97 Å². The maximum atomic E-state index is 14.7. The number of oxime groups is 1. The summed E-state index contributed by atoms with van der Waals surface area (Å²) in [4.78, 5) is 17.1. The van der Waals surface area contributed by atoms with E-state index in [9.17, 15) is 19.4 Å². The lowest BCUT2D eigenvalue weighted by Gasteiger charge is -2.19. The number of carbonyl (C=O) groups excluding carboxylic acids is 1. The Bertz CT molecular complexity index is 1100. The van der Waals surface area contributed by atoms with Gasteiger partial charge in [0.05, 0.1) is 18.4 Å². The lowest BCUT2D eigenvalue weighted by molar-refractivity contribution is -0.138. The summed E-state index contributed by atoms with van der Waals surface area (Å²) in [6.07, 6.45) is -1.48. The molecule has 0 aliphatic heterocycles. The maximum absolute atomic E-state index is 14.7. The zero-order chi connectivity index (χ0) is 25.5. The zero-order valence-corrected chi connectivity index (χ0v) is 20.5. The summed E-state index contributed by atoms with van der Waals surface area (Å²) in [6, 6.07) is 11.4. The average Bonchev–Trinajstić information content (AvgIpc) is 3.09. The molecule has 0 spiro atoms. The largest absolute Gasteiger partial charge is 0.485 e. The van der Waals surface area contributed by atoms with Crippen molar-refractivity contribution in [2.45, 2.75) is 52.1 Å². The minimum atomic E-state index is -1.23. The highest BCUT2D eigenvalue weighted by atomic mass is 35.5. The molecule has 0 saturated heterocycles. The fourth-order valence-corrected chi connectivity index (χ4v) is 4.06. The van der Waals surface area contributed by atoms with Gasteiger partial charge in [-0.1, -0.05) is 35.0 Å². The van der Waals surface area contributed by atoms with Gasteiger partial charge in [0.15, 0.2) is 11.6 Å². The van der Waals surface area contributed by atoms with Gasteiger partial charge in [-0.15, -0.1) is 0 Å².